The standard InChI is InChI=1S/C26H30ClN7O5S/c1-4-33-9-11-34(12-10-33)40(36,37)19-15-20(26(28-16-19)39-14-13-38-3)24-29-21-22(25(35)30-24)31-32(2)23(21)17-5-7-18(27)8-6-17/h5-8,15-16H,4,9-14H2,1-3H3,(H,29,30,35). The van der Waals surface area contributed by atoms with Crippen LogP contribution in [0.3, 0.4) is 0 Å². The monoisotopic (exact) mass is 587 g/mol. The highest BCUT2D eigenvalue weighted by molar-refractivity contribution is 7.89. The van der Waals surface area contributed by atoms with E-state index in [-0.39, 0.29) is 40.9 Å². The largest absolute Gasteiger partial charge is 0.475 e. The number of methoxy groups -OCH3 is 1. The Balaban J connectivity index is 1.63. The molecule has 0 unspecified atom stereocenters. The molecule has 4 aromatic rings. The van der Waals surface area contributed by atoms with Gasteiger partial charge in [0, 0.05) is 50.9 Å². The summed E-state index contributed by atoms with van der Waals surface area (Å²) in [4.78, 5) is 27.2. The van der Waals surface area contributed by atoms with Crippen LogP contribution >= 0.6 is 11.6 Å². The van der Waals surface area contributed by atoms with Gasteiger partial charge in [0.2, 0.25) is 15.9 Å². The molecule has 4 heterocycles. The highest BCUT2D eigenvalue weighted by Gasteiger charge is 2.30. The first-order valence-corrected chi connectivity index (χ1v) is 14.6. The Morgan fingerprint density at radius 2 is 1.80 bits per heavy atom. The van der Waals surface area contributed by atoms with Gasteiger partial charge >= 0.3 is 0 Å². The number of halogens is 1. The Kier molecular flexibility index (Phi) is 8.19. The molecule has 40 heavy (non-hydrogen) atoms. The number of H-pyrrole nitrogens is 1. The first-order valence-electron chi connectivity index (χ1n) is 12.8. The van der Waals surface area contributed by atoms with Crippen LogP contribution in [0.5, 0.6) is 5.88 Å². The third-order valence-corrected chi connectivity index (χ3v) is 8.95. The van der Waals surface area contributed by atoms with Gasteiger partial charge in [-0.2, -0.15) is 9.40 Å². The number of aryl methyl sites for hydroxylation is 1. The van der Waals surface area contributed by atoms with Crippen molar-refractivity contribution in [3.8, 4) is 28.5 Å². The van der Waals surface area contributed by atoms with Crippen LogP contribution in [0.15, 0.2) is 46.2 Å². The van der Waals surface area contributed by atoms with E-state index in [1.807, 2.05) is 19.1 Å². The van der Waals surface area contributed by atoms with E-state index in [0.29, 0.717) is 42.4 Å². The van der Waals surface area contributed by atoms with Gasteiger partial charge in [-0.05, 0) is 24.7 Å². The molecule has 0 bridgehead atoms. The van der Waals surface area contributed by atoms with E-state index in [9.17, 15) is 13.2 Å². The minimum Gasteiger partial charge on any atom is -0.475 e. The van der Waals surface area contributed by atoms with E-state index >= 15 is 0 Å². The molecule has 1 aromatic carbocycles. The summed E-state index contributed by atoms with van der Waals surface area (Å²) in [5.74, 6) is 0.222. The average Bonchev–Trinajstić information content (AvgIpc) is 3.30. The van der Waals surface area contributed by atoms with E-state index in [1.165, 1.54) is 16.6 Å². The fourth-order valence-electron chi connectivity index (χ4n) is 4.65. The molecule has 1 fully saturated rings. The van der Waals surface area contributed by atoms with Crippen LogP contribution in [0, 0.1) is 0 Å². The van der Waals surface area contributed by atoms with Gasteiger partial charge in [0.05, 0.1) is 24.1 Å². The minimum atomic E-state index is -3.85. The van der Waals surface area contributed by atoms with Gasteiger partial charge < -0.3 is 19.4 Å². The number of aromatic nitrogens is 5. The number of fused-ring (bicyclic) bond motifs is 1. The van der Waals surface area contributed by atoms with E-state index in [0.717, 1.165) is 12.1 Å². The Morgan fingerprint density at radius 1 is 1.07 bits per heavy atom. The summed E-state index contributed by atoms with van der Waals surface area (Å²) < 4.78 is 41.1. The fraction of sp³-hybridized carbons (Fsp3) is 0.385. The van der Waals surface area contributed by atoms with Crippen molar-refractivity contribution in [2.45, 2.75) is 11.8 Å². The van der Waals surface area contributed by atoms with Crippen molar-refractivity contribution in [2.24, 2.45) is 7.05 Å². The van der Waals surface area contributed by atoms with Crippen molar-refractivity contribution < 1.29 is 17.9 Å². The van der Waals surface area contributed by atoms with E-state index in [1.54, 1.807) is 31.0 Å². The number of sulfonamides is 1. The number of benzene rings is 1. The number of nitrogens with one attached hydrogen (secondary N) is 1. The van der Waals surface area contributed by atoms with Crippen molar-refractivity contribution in [2.75, 3.05) is 53.0 Å². The second-order valence-electron chi connectivity index (χ2n) is 9.29. The molecule has 3 aromatic heterocycles. The molecule has 14 heteroatoms. The number of piperazine rings is 1. The summed E-state index contributed by atoms with van der Waals surface area (Å²) in [5.41, 5.74) is 1.60. The molecule has 1 aliphatic rings. The van der Waals surface area contributed by atoms with E-state index in [2.05, 4.69) is 20.0 Å². The molecule has 212 valence electrons. The number of aromatic amines is 1. The predicted molar refractivity (Wildman–Crippen MR) is 151 cm³/mol. The van der Waals surface area contributed by atoms with Gasteiger partial charge in [0.15, 0.2) is 5.52 Å². The summed E-state index contributed by atoms with van der Waals surface area (Å²) in [5, 5.41) is 4.94. The molecule has 12 nitrogen and oxygen atoms in total. The summed E-state index contributed by atoms with van der Waals surface area (Å²) in [7, 11) is -0.594. The molecule has 0 aliphatic carbocycles. The molecule has 1 N–H and O–H groups in total. The Labute approximate surface area is 236 Å². The Bertz CT molecular complexity index is 1680. The summed E-state index contributed by atoms with van der Waals surface area (Å²) in [6.45, 7) is 5.40. The van der Waals surface area contributed by atoms with Crippen LogP contribution < -0.4 is 10.3 Å². The molecular formula is C26H30ClN7O5S. The summed E-state index contributed by atoms with van der Waals surface area (Å²) >= 11 is 6.08. The van der Waals surface area contributed by atoms with Crippen molar-refractivity contribution in [3.05, 3.63) is 51.9 Å². The van der Waals surface area contributed by atoms with Gasteiger partial charge in [-0.1, -0.05) is 30.7 Å². The van der Waals surface area contributed by atoms with Crippen molar-refractivity contribution >= 4 is 32.7 Å². The van der Waals surface area contributed by atoms with Gasteiger partial charge in [0.1, 0.15) is 22.8 Å². The molecule has 1 aliphatic heterocycles. The van der Waals surface area contributed by atoms with Gasteiger partial charge in [-0.15, -0.1) is 0 Å². The highest BCUT2D eigenvalue weighted by Crippen LogP contribution is 2.32. The van der Waals surface area contributed by atoms with Crippen molar-refractivity contribution in [1.82, 2.24) is 33.9 Å². The van der Waals surface area contributed by atoms with Crippen molar-refractivity contribution in [3.63, 3.8) is 0 Å². The number of hydrogen-bond donors (Lipinski definition) is 1. The Morgan fingerprint density at radius 3 is 2.48 bits per heavy atom. The topological polar surface area (TPSA) is 136 Å². The van der Waals surface area contributed by atoms with Crippen LogP contribution in [0.25, 0.3) is 33.7 Å². The zero-order valence-electron chi connectivity index (χ0n) is 22.4. The van der Waals surface area contributed by atoms with Gasteiger partial charge in [-0.3, -0.25) is 9.48 Å². The maximum Gasteiger partial charge on any atom is 0.279 e. The quantitative estimate of drug-likeness (QED) is 0.293. The molecule has 1 saturated heterocycles. The van der Waals surface area contributed by atoms with E-state index < -0.39 is 15.6 Å². The molecule has 0 spiro atoms. The fourth-order valence-corrected chi connectivity index (χ4v) is 6.17. The van der Waals surface area contributed by atoms with Crippen LogP contribution in [0.2, 0.25) is 5.02 Å². The third kappa shape index (κ3) is 5.47. The maximum absolute atomic E-state index is 13.6. The molecular weight excluding hydrogens is 558 g/mol. The number of likely N-dealkylation sites (N-methyl/N-ethyl adjacent to an activating group) is 1. The van der Waals surface area contributed by atoms with Crippen molar-refractivity contribution in [1.29, 1.82) is 0 Å². The predicted octanol–water partition coefficient (Wildman–Crippen LogP) is 2.39. The minimum absolute atomic E-state index is 0.0154. The van der Waals surface area contributed by atoms with Crippen LogP contribution in [0.1, 0.15) is 6.92 Å². The SMILES string of the molecule is CCN1CCN(S(=O)(=O)c2cnc(OCCOC)c(-c3nc4c(-c5ccc(Cl)cc5)n(C)nc4c(=O)[nH]3)c2)CC1. The number of rotatable bonds is 9. The van der Waals surface area contributed by atoms with Gasteiger partial charge in [0.25, 0.3) is 5.56 Å². The number of ether oxygens (including phenoxy) is 2. The van der Waals surface area contributed by atoms with Gasteiger partial charge in [-0.25, -0.2) is 18.4 Å². The normalized spacial score (nSPS) is 15.1. The third-order valence-electron chi connectivity index (χ3n) is 6.83. The summed E-state index contributed by atoms with van der Waals surface area (Å²) in [6.07, 6.45) is 1.27. The number of nitrogens with zero attached hydrogens (tertiary/aromatic N) is 6. The second kappa shape index (κ2) is 11.6. The lowest BCUT2D eigenvalue weighted by molar-refractivity contribution is 0.144. The first-order chi connectivity index (χ1) is 19.2. The molecule has 5 rings (SSSR count). The lowest BCUT2D eigenvalue weighted by Gasteiger charge is -2.33. The lowest BCUT2D eigenvalue weighted by Crippen LogP contribution is -2.48. The average molecular weight is 588 g/mol. The van der Waals surface area contributed by atoms with Crippen LogP contribution in [-0.4, -0.2) is 95.4 Å². The zero-order chi connectivity index (χ0) is 28.4. The van der Waals surface area contributed by atoms with E-state index in [4.69, 9.17) is 26.1 Å². The number of pyridine rings is 1. The first kappa shape index (κ1) is 28.2. The van der Waals surface area contributed by atoms with Crippen LogP contribution in [0.4, 0.5) is 0 Å². The van der Waals surface area contributed by atoms with Crippen LogP contribution in [-0.2, 0) is 21.8 Å². The lowest BCUT2D eigenvalue weighted by atomic mass is 10.1. The molecule has 0 atom stereocenters. The zero-order valence-corrected chi connectivity index (χ0v) is 24.0. The highest BCUT2D eigenvalue weighted by atomic mass is 35.5. The molecule has 0 radical (unpaired) electrons. The second-order valence-corrected chi connectivity index (χ2v) is 11.7. The molecule has 0 saturated carbocycles. The Hall–Kier alpha value is -3.36. The summed E-state index contributed by atoms with van der Waals surface area (Å²) in [6, 6.07) is 8.55. The smallest absolute Gasteiger partial charge is 0.279 e. The molecule has 0 amide bonds. The maximum atomic E-state index is 13.6. The number of hydrogen-bond acceptors (Lipinski definition) is 9.